The topological polar surface area (TPSA) is 72.0 Å². The Bertz CT molecular complexity index is 930. The van der Waals surface area contributed by atoms with Crippen LogP contribution in [0.25, 0.3) is 0 Å². The molecule has 1 amide bonds. The van der Waals surface area contributed by atoms with Crippen molar-refractivity contribution in [1.29, 1.82) is 0 Å². The molecule has 7 nitrogen and oxygen atoms in total. The van der Waals surface area contributed by atoms with Crippen LogP contribution in [0.3, 0.4) is 0 Å². The fraction of sp³-hybridized carbons (Fsp3) is 0.462. The number of rotatable bonds is 7. The van der Waals surface area contributed by atoms with Gasteiger partial charge in [0.05, 0.1) is 13.1 Å². The number of nitrogens with one attached hydrogen (secondary N) is 3. The Labute approximate surface area is 197 Å². The van der Waals surface area contributed by atoms with Crippen molar-refractivity contribution in [3.63, 3.8) is 0 Å². The highest BCUT2D eigenvalue weighted by Gasteiger charge is 2.29. The molecule has 2 aromatic carbocycles. The highest BCUT2D eigenvalue weighted by molar-refractivity contribution is 5.82. The van der Waals surface area contributed by atoms with Gasteiger partial charge in [0.2, 0.25) is 5.91 Å². The molecule has 0 aromatic heterocycles. The van der Waals surface area contributed by atoms with Crippen molar-refractivity contribution in [3.05, 3.63) is 65.7 Å². The third-order valence-corrected chi connectivity index (χ3v) is 6.38. The van der Waals surface area contributed by atoms with Crippen LogP contribution in [0.15, 0.2) is 59.6 Å². The summed E-state index contributed by atoms with van der Waals surface area (Å²) in [6.45, 7) is 9.82. The van der Waals surface area contributed by atoms with Crippen molar-refractivity contribution in [3.8, 4) is 0 Å². The number of carbonyl (C=O) groups excluding carboxylic acids is 1. The fourth-order valence-electron chi connectivity index (χ4n) is 4.60. The van der Waals surface area contributed by atoms with Crippen LogP contribution < -0.4 is 20.9 Å². The van der Waals surface area contributed by atoms with Gasteiger partial charge in [0.25, 0.3) is 0 Å². The van der Waals surface area contributed by atoms with Crippen LogP contribution in [0.5, 0.6) is 0 Å². The summed E-state index contributed by atoms with van der Waals surface area (Å²) in [5.41, 5.74) is 3.60. The van der Waals surface area contributed by atoms with Crippen LogP contribution in [0.2, 0.25) is 0 Å². The number of benzene rings is 2. The van der Waals surface area contributed by atoms with E-state index in [-0.39, 0.29) is 5.91 Å². The smallest absolute Gasteiger partial charge is 0.239 e. The Hall–Kier alpha value is -3.06. The molecule has 2 heterocycles. The van der Waals surface area contributed by atoms with Crippen molar-refractivity contribution >= 4 is 17.6 Å². The molecule has 2 fully saturated rings. The van der Waals surface area contributed by atoms with Crippen LogP contribution >= 0.6 is 0 Å². The molecule has 4 rings (SSSR count). The van der Waals surface area contributed by atoms with Crippen LogP contribution in [-0.4, -0.2) is 61.6 Å². The highest BCUT2D eigenvalue weighted by Crippen LogP contribution is 2.20. The number of hydrogen-bond acceptors (Lipinski definition) is 4. The van der Waals surface area contributed by atoms with E-state index >= 15 is 0 Å². The van der Waals surface area contributed by atoms with E-state index in [0.29, 0.717) is 31.7 Å². The van der Waals surface area contributed by atoms with E-state index < -0.39 is 0 Å². The summed E-state index contributed by atoms with van der Waals surface area (Å²) < 4.78 is 0. The standard InChI is InChI=1S/C26H36N6O/c1-3-27-26(30-23-15-20(2)32(18-23)17-22-7-5-4-6-8-22)29-16-21-9-11-24(12-10-21)31-14-13-28-25(33)19-31/h4-12,20,23H,3,13-19H2,1-2H3,(H,28,33)(H2,27,29,30). The second-order valence-electron chi connectivity index (χ2n) is 8.97. The number of nitrogens with zero attached hydrogens (tertiary/aromatic N) is 3. The Morgan fingerprint density at radius 2 is 1.91 bits per heavy atom. The maximum absolute atomic E-state index is 11.6. The Morgan fingerprint density at radius 1 is 1.12 bits per heavy atom. The first-order chi connectivity index (χ1) is 16.1. The molecule has 0 bridgehead atoms. The van der Waals surface area contributed by atoms with E-state index in [1.54, 1.807) is 0 Å². The minimum absolute atomic E-state index is 0.0832. The van der Waals surface area contributed by atoms with E-state index in [0.717, 1.165) is 49.8 Å². The van der Waals surface area contributed by atoms with Gasteiger partial charge in [-0.3, -0.25) is 9.69 Å². The van der Waals surface area contributed by atoms with Gasteiger partial charge < -0.3 is 20.9 Å². The number of likely N-dealkylation sites (tertiary alicyclic amines) is 1. The SMILES string of the molecule is CCNC(=NCc1ccc(N2CCNC(=O)C2)cc1)NC1CC(C)N(Cc2ccccc2)C1. The molecule has 2 unspecified atom stereocenters. The third kappa shape index (κ3) is 6.48. The van der Waals surface area contributed by atoms with Gasteiger partial charge in [-0.1, -0.05) is 42.5 Å². The largest absolute Gasteiger partial charge is 0.360 e. The first-order valence-electron chi connectivity index (χ1n) is 12.0. The molecule has 2 atom stereocenters. The number of piperazine rings is 1. The third-order valence-electron chi connectivity index (χ3n) is 6.38. The molecule has 2 saturated heterocycles. The summed E-state index contributed by atoms with van der Waals surface area (Å²) in [7, 11) is 0. The van der Waals surface area contributed by atoms with Crippen molar-refractivity contribution in [2.45, 2.75) is 45.4 Å². The zero-order valence-corrected chi connectivity index (χ0v) is 19.8. The van der Waals surface area contributed by atoms with E-state index in [2.05, 4.69) is 94.2 Å². The summed E-state index contributed by atoms with van der Waals surface area (Å²) in [4.78, 5) is 21.1. The van der Waals surface area contributed by atoms with E-state index in [9.17, 15) is 4.79 Å². The number of amides is 1. The minimum atomic E-state index is 0.0832. The van der Waals surface area contributed by atoms with Crippen LogP contribution in [0.4, 0.5) is 5.69 Å². The fourth-order valence-corrected chi connectivity index (χ4v) is 4.60. The average molecular weight is 449 g/mol. The van der Waals surface area contributed by atoms with Gasteiger partial charge in [-0.15, -0.1) is 0 Å². The second-order valence-corrected chi connectivity index (χ2v) is 8.97. The molecule has 3 N–H and O–H groups in total. The Morgan fingerprint density at radius 3 is 2.64 bits per heavy atom. The van der Waals surface area contributed by atoms with Crippen molar-refractivity contribution in [2.75, 3.05) is 37.6 Å². The van der Waals surface area contributed by atoms with Crippen molar-refractivity contribution < 1.29 is 4.79 Å². The summed E-state index contributed by atoms with van der Waals surface area (Å²) in [5, 5.41) is 9.91. The minimum Gasteiger partial charge on any atom is -0.360 e. The first-order valence-corrected chi connectivity index (χ1v) is 12.0. The number of carbonyl (C=O) groups is 1. The Balaban J connectivity index is 1.32. The van der Waals surface area contributed by atoms with E-state index in [1.807, 2.05) is 0 Å². The van der Waals surface area contributed by atoms with Gasteiger partial charge in [0.15, 0.2) is 5.96 Å². The Kier molecular flexibility index (Phi) is 7.83. The number of aliphatic imine (C=N–C) groups is 1. The molecule has 7 heteroatoms. The summed E-state index contributed by atoms with van der Waals surface area (Å²) in [6.07, 6.45) is 1.11. The number of anilines is 1. The van der Waals surface area contributed by atoms with Gasteiger partial charge in [-0.25, -0.2) is 4.99 Å². The molecule has 176 valence electrons. The van der Waals surface area contributed by atoms with Crippen LogP contribution in [0, 0.1) is 0 Å². The second kappa shape index (κ2) is 11.2. The lowest BCUT2D eigenvalue weighted by molar-refractivity contribution is -0.120. The first kappa shape index (κ1) is 23.1. The zero-order chi connectivity index (χ0) is 23.0. The van der Waals surface area contributed by atoms with Gasteiger partial charge in [0, 0.05) is 50.5 Å². The van der Waals surface area contributed by atoms with Gasteiger partial charge in [0.1, 0.15) is 0 Å². The highest BCUT2D eigenvalue weighted by atomic mass is 16.2. The molecule has 0 saturated carbocycles. The normalized spacial score (nSPS) is 21.7. The summed E-state index contributed by atoms with van der Waals surface area (Å²) in [5.74, 6) is 0.952. The molecule has 33 heavy (non-hydrogen) atoms. The maximum atomic E-state index is 11.6. The predicted molar refractivity (Wildman–Crippen MR) is 134 cm³/mol. The lowest BCUT2D eigenvalue weighted by atomic mass is 10.2. The summed E-state index contributed by atoms with van der Waals surface area (Å²) >= 11 is 0. The zero-order valence-electron chi connectivity index (χ0n) is 19.8. The molecule has 0 radical (unpaired) electrons. The molecule has 0 spiro atoms. The summed E-state index contributed by atoms with van der Waals surface area (Å²) in [6, 6.07) is 20.0. The molecular weight excluding hydrogens is 412 g/mol. The van der Waals surface area contributed by atoms with E-state index in [4.69, 9.17) is 4.99 Å². The predicted octanol–water partition coefficient (Wildman–Crippen LogP) is 2.34. The molecule has 2 aliphatic rings. The van der Waals surface area contributed by atoms with Gasteiger partial charge in [-0.05, 0) is 43.5 Å². The molecule has 2 aromatic rings. The molecule has 0 aliphatic carbocycles. The van der Waals surface area contributed by atoms with Crippen LogP contribution in [-0.2, 0) is 17.9 Å². The number of guanidine groups is 1. The van der Waals surface area contributed by atoms with Crippen LogP contribution in [0.1, 0.15) is 31.4 Å². The lowest BCUT2D eigenvalue weighted by Gasteiger charge is -2.28. The monoisotopic (exact) mass is 448 g/mol. The average Bonchev–Trinajstić information content (AvgIpc) is 3.17. The lowest BCUT2D eigenvalue weighted by Crippen LogP contribution is -2.47. The van der Waals surface area contributed by atoms with Gasteiger partial charge in [-0.2, -0.15) is 0 Å². The van der Waals surface area contributed by atoms with Crippen molar-refractivity contribution in [1.82, 2.24) is 20.9 Å². The number of hydrogen-bond donors (Lipinski definition) is 3. The van der Waals surface area contributed by atoms with Crippen molar-refractivity contribution in [2.24, 2.45) is 4.99 Å². The molecule has 2 aliphatic heterocycles. The maximum Gasteiger partial charge on any atom is 0.239 e. The van der Waals surface area contributed by atoms with Gasteiger partial charge >= 0.3 is 0 Å². The van der Waals surface area contributed by atoms with E-state index in [1.165, 1.54) is 5.56 Å². The molecular formula is C26H36N6O. The quantitative estimate of drug-likeness (QED) is 0.448.